The zero-order valence-corrected chi connectivity index (χ0v) is 9.80. The van der Waals surface area contributed by atoms with Crippen LogP contribution in [0.1, 0.15) is 33.1 Å². The van der Waals surface area contributed by atoms with Crippen molar-refractivity contribution in [1.82, 2.24) is 4.47 Å². The summed E-state index contributed by atoms with van der Waals surface area (Å²) >= 11 is 0. The van der Waals surface area contributed by atoms with Crippen LogP contribution < -0.4 is 0 Å². The summed E-state index contributed by atoms with van der Waals surface area (Å²) in [6, 6.07) is 0. The summed E-state index contributed by atoms with van der Waals surface area (Å²) in [7, 11) is -3.12. The first-order valence-electron chi connectivity index (χ1n) is 5.58. The smallest absolute Gasteiger partial charge is 0.239 e. The Kier molecular flexibility index (Phi) is 1.13. The van der Waals surface area contributed by atoms with E-state index < -0.39 is 15.7 Å². The molecule has 4 rings (SSSR count). The zero-order valence-electron chi connectivity index (χ0n) is 8.99. The molecule has 2 spiro atoms. The topological polar surface area (TPSA) is 49.7 Å². The Morgan fingerprint density at radius 2 is 2.13 bits per heavy atom. The molecule has 15 heavy (non-hydrogen) atoms. The van der Waals surface area contributed by atoms with Crippen LogP contribution in [0.3, 0.4) is 0 Å². The Hall–Kier alpha value is -0.130. The number of hydroxylamine groups is 1. The van der Waals surface area contributed by atoms with Crippen LogP contribution in [-0.2, 0) is 14.9 Å². The second kappa shape index (κ2) is 1.89. The number of hydrogen-bond acceptors (Lipinski definition) is 3. The molecule has 0 radical (unpaired) electrons. The number of rotatable bonds is 0. The molecule has 2 aliphatic heterocycles. The fourth-order valence-corrected chi connectivity index (χ4v) is 6.96. The van der Waals surface area contributed by atoms with E-state index in [1.54, 1.807) is 0 Å². The molecule has 4 nitrogen and oxygen atoms in total. The average molecular weight is 229 g/mol. The highest BCUT2D eigenvalue weighted by Crippen LogP contribution is 2.80. The molecule has 0 amide bonds. The van der Waals surface area contributed by atoms with Crippen LogP contribution >= 0.6 is 0 Å². The van der Waals surface area contributed by atoms with Crippen LogP contribution in [0.15, 0.2) is 0 Å². The van der Waals surface area contributed by atoms with E-state index in [0.717, 1.165) is 12.8 Å². The molecule has 2 heterocycles. The van der Waals surface area contributed by atoms with Crippen molar-refractivity contribution in [2.75, 3.05) is 5.75 Å². The molecule has 0 N–H and O–H groups in total. The molecule has 2 saturated carbocycles. The highest BCUT2D eigenvalue weighted by Gasteiger charge is 2.90. The fraction of sp³-hybridized carbons (Fsp3) is 1.00. The minimum atomic E-state index is -3.12. The molecule has 0 aromatic rings. The van der Waals surface area contributed by atoms with Gasteiger partial charge in [-0.25, -0.2) is 8.42 Å². The number of hydrogen-bond donors (Lipinski definition) is 0. The van der Waals surface area contributed by atoms with Crippen molar-refractivity contribution in [2.24, 2.45) is 16.7 Å². The van der Waals surface area contributed by atoms with Crippen molar-refractivity contribution >= 4 is 10.0 Å². The molecular formula is C10H15NO3S. The van der Waals surface area contributed by atoms with E-state index in [4.69, 9.17) is 4.84 Å². The van der Waals surface area contributed by atoms with Crippen LogP contribution in [0.2, 0.25) is 0 Å². The Morgan fingerprint density at radius 1 is 1.40 bits per heavy atom. The molecule has 5 heteroatoms. The monoisotopic (exact) mass is 229 g/mol. The predicted octanol–water partition coefficient (Wildman–Crippen LogP) is 1.10. The first-order valence-corrected chi connectivity index (χ1v) is 7.19. The van der Waals surface area contributed by atoms with Crippen molar-refractivity contribution in [3.63, 3.8) is 0 Å². The maximum Gasteiger partial charge on any atom is 0.239 e. The molecule has 2 bridgehead atoms. The number of sulfonamides is 1. The van der Waals surface area contributed by atoms with Crippen molar-refractivity contribution in [2.45, 2.75) is 38.8 Å². The third-order valence-corrected chi connectivity index (χ3v) is 7.13. The van der Waals surface area contributed by atoms with Crippen LogP contribution in [0.5, 0.6) is 0 Å². The number of nitrogens with zero attached hydrogens (tertiary/aromatic N) is 1. The summed E-state index contributed by atoms with van der Waals surface area (Å²) in [5, 5.41) is 0. The molecule has 4 fully saturated rings. The Balaban J connectivity index is 1.99. The second-order valence-electron chi connectivity index (χ2n) is 6.16. The van der Waals surface area contributed by atoms with Gasteiger partial charge in [0.25, 0.3) is 0 Å². The lowest BCUT2D eigenvalue weighted by atomic mass is 9.67. The third-order valence-electron chi connectivity index (χ3n) is 5.37. The van der Waals surface area contributed by atoms with Crippen molar-refractivity contribution < 1.29 is 13.3 Å². The van der Waals surface area contributed by atoms with E-state index >= 15 is 0 Å². The Labute approximate surface area is 89.6 Å². The summed E-state index contributed by atoms with van der Waals surface area (Å²) < 4.78 is 25.1. The summed E-state index contributed by atoms with van der Waals surface area (Å²) in [6.45, 7) is 4.33. The Bertz CT molecular complexity index is 471. The van der Waals surface area contributed by atoms with Crippen molar-refractivity contribution in [3.05, 3.63) is 0 Å². The fourth-order valence-electron chi connectivity index (χ4n) is 4.64. The maximum absolute atomic E-state index is 11.9. The molecule has 2 aliphatic carbocycles. The SMILES string of the molecule is CC1(C)C2CCC3(C2)CS(=O)(=O)N2OC231. The quantitative estimate of drug-likeness (QED) is 0.584. The highest BCUT2D eigenvalue weighted by atomic mass is 32.2. The molecule has 2 saturated heterocycles. The molecule has 4 aliphatic rings. The van der Waals surface area contributed by atoms with Crippen LogP contribution in [0.25, 0.3) is 0 Å². The van der Waals surface area contributed by atoms with Gasteiger partial charge in [0, 0.05) is 10.8 Å². The zero-order chi connectivity index (χ0) is 10.7. The van der Waals surface area contributed by atoms with Crippen LogP contribution in [-0.4, -0.2) is 24.4 Å². The molecule has 0 aromatic heterocycles. The second-order valence-corrected chi connectivity index (χ2v) is 7.94. The molecular weight excluding hydrogens is 214 g/mol. The first-order chi connectivity index (χ1) is 6.86. The van der Waals surface area contributed by atoms with Crippen LogP contribution in [0.4, 0.5) is 0 Å². The van der Waals surface area contributed by atoms with Gasteiger partial charge in [-0.05, 0) is 29.6 Å². The van der Waals surface area contributed by atoms with Crippen LogP contribution in [0, 0.1) is 16.7 Å². The van der Waals surface area contributed by atoms with E-state index in [1.807, 2.05) is 0 Å². The normalized spacial score (nSPS) is 61.5. The van der Waals surface area contributed by atoms with Gasteiger partial charge in [-0.1, -0.05) is 13.8 Å². The van der Waals surface area contributed by atoms with Gasteiger partial charge in [-0.3, -0.25) is 4.84 Å². The predicted molar refractivity (Wildman–Crippen MR) is 53.0 cm³/mol. The lowest BCUT2D eigenvalue weighted by Gasteiger charge is -2.37. The Morgan fingerprint density at radius 3 is 2.73 bits per heavy atom. The van der Waals surface area contributed by atoms with Gasteiger partial charge < -0.3 is 0 Å². The molecule has 4 atom stereocenters. The summed E-state index contributed by atoms with van der Waals surface area (Å²) in [6.07, 6.45) is 3.23. The third kappa shape index (κ3) is 0.626. The lowest BCUT2D eigenvalue weighted by Crippen LogP contribution is -2.45. The van der Waals surface area contributed by atoms with Gasteiger partial charge in [0.1, 0.15) is 0 Å². The van der Waals surface area contributed by atoms with Gasteiger partial charge in [-0.2, -0.15) is 0 Å². The van der Waals surface area contributed by atoms with Crippen molar-refractivity contribution in [1.29, 1.82) is 0 Å². The molecule has 0 aromatic carbocycles. The van der Waals surface area contributed by atoms with Crippen molar-refractivity contribution in [3.8, 4) is 0 Å². The first kappa shape index (κ1) is 8.96. The van der Waals surface area contributed by atoms with Gasteiger partial charge in [-0.15, -0.1) is 0 Å². The van der Waals surface area contributed by atoms with Gasteiger partial charge >= 0.3 is 0 Å². The standard InChI is InChI=1S/C10H15NO3S/c1-8(2)7-3-4-9(5-7)6-15(12,13)11-10(8,9)14-11/h7H,3-6H2,1-2H3. The average Bonchev–Trinajstić information content (AvgIpc) is 2.67. The molecule has 4 unspecified atom stereocenters. The van der Waals surface area contributed by atoms with Gasteiger partial charge in [0.2, 0.25) is 10.0 Å². The lowest BCUT2D eigenvalue weighted by molar-refractivity contribution is 0.0327. The highest BCUT2D eigenvalue weighted by molar-refractivity contribution is 7.89. The summed E-state index contributed by atoms with van der Waals surface area (Å²) in [5.74, 6) is 0.956. The van der Waals surface area contributed by atoms with E-state index in [-0.39, 0.29) is 10.8 Å². The minimum Gasteiger partial charge on any atom is -0.254 e. The van der Waals surface area contributed by atoms with Gasteiger partial charge in [0.15, 0.2) is 5.72 Å². The largest absolute Gasteiger partial charge is 0.254 e. The minimum absolute atomic E-state index is 0.00514. The van der Waals surface area contributed by atoms with E-state index in [2.05, 4.69) is 13.8 Å². The summed E-state index contributed by atoms with van der Waals surface area (Å²) in [4.78, 5) is 5.56. The summed E-state index contributed by atoms with van der Waals surface area (Å²) in [5.41, 5.74) is -0.545. The maximum atomic E-state index is 11.9. The van der Waals surface area contributed by atoms with Gasteiger partial charge in [0.05, 0.1) is 5.75 Å². The van der Waals surface area contributed by atoms with E-state index in [9.17, 15) is 8.42 Å². The molecule has 84 valence electrons. The number of fused-ring (bicyclic) bond motifs is 1. The van der Waals surface area contributed by atoms with E-state index in [0.29, 0.717) is 11.7 Å². The van der Waals surface area contributed by atoms with E-state index in [1.165, 1.54) is 10.9 Å².